The number of piperidine rings is 1. The molecular weight excluding hydrogens is 240 g/mol. The van der Waals surface area contributed by atoms with E-state index in [0.29, 0.717) is 6.54 Å². The molecule has 3 heterocycles. The lowest BCUT2D eigenvalue weighted by Crippen LogP contribution is -2.32. The van der Waals surface area contributed by atoms with Gasteiger partial charge in [0.1, 0.15) is 5.82 Å². The first kappa shape index (κ1) is 12.4. The van der Waals surface area contributed by atoms with Crippen LogP contribution in [0.15, 0.2) is 6.20 Å². The first-order valence-electron chi connectivity index (χ1n) is 7.15. The third-order valence-corrected chi connectivity index (χ3v) is 4.10. The van der Waals surface area contributed by atoms with Crippen LogP contribution in [0.25, 0.3) is 0 Å². The highest BCUT2D eigenvalue weighted by Gasteiger charge is 2.35. The lowest BCUT2D eigenvalue weighted by atomic mass is 10.1. The van der Waals surface area contributed by atoms with Crippen LogP contribution in [0, 0.1) is 0 Å². The zero-order valence-corrected chi connectivity index (χ0v) is 11.6. The van der Waals surface area contributed by atoms with Crippen molar-refractivity contribution in [2.75, 3.05) is 29.4 Å². The van der Waals surface area contributed by atoms with Gasteiger partial charge in [0.2, 0.25) is 11.9 Å². The van der Waals surface area contributed by atoms with Crippen LogP contribution in [-0.2, 0) is 4.79 Å². The third kappa shape index (κ3) is 1.97. The molecule has 2 aliphatic heterocycles. The van der Waals surface area contributed by atoms with Crippen LogP contribution in [0.3, 0.4) is 0 Å². The van der Waals surface area contributed by atoms with Crippen molar-refractivity contribution < 1.29 is 4.79 Å². The first-order chi connectivity index (χ1) is 9.22. The number of carbonyl (C=O) groups is 1. The van der Waals surface area contributed by atoms with Crippen LogP contribution in [0.2, 0.25) is 0 Å². The van der Waals surface area contributed by atoms with Gasteiger partial charge in [-0.15, -0.1) is 0 Å². The minimum atomic E-state index is -0.106. The fourth-order valence-corrected chi connectivity index (χ4v) is 2.92. The SMILES string of the molecule is CCN1C(=O)C(C)c2cnc(N3CCCCC3)nc21. The molecule has 0 bridgehead atoms. The maximum absolute atomic E-state index is 12.1. The van der Waals surface area contributed by atoms with Crippen molar-refractivity contribution in [3.05, 3.63) is 11.8 Å². The molecule has 0 radical (unpaired) electrons. The minimum absolute atomic E-state index is 0.106. The van der Waals surface area contributed by atoms with Gasteiger partial charge in [0, 0.05) is 31.4 Å². The van der Waals surface area contributed by atoms with E-state index in [1.54, 1.807) is 4.90 Å². The summed E-state index contributed by atoms with van der Waals surface area (Å²) in [7, 11) is 0. The van der Waals surface area contributed by atoms with E-state index in [2.05, 4.69) is 14.9 Å². The van der Waals surface area contributed by atoms with Crippen molar-refractivity contribution >= 4 is 17.7 Å². The average Bonchev–Trinajstić information content (AvgIpc) is 2.71. The average molecular weight is 260 g/mol. The van der Waals surface area contributed by atoms with E-state index in [0.717, 1.165) is 30.4 Å². The van der Waals surface area contributed by atoms with Crippen LogP contribution in [0.4, 0.5) is 11.8 Å². The number of amides is 1. The molecule has 1 aromatic heterocycles. The summed E-state index contributed by atoms with van der Waals surface area (Å²) in [6.07, 6.45) is 5.53. The van der Waals surface area contributed by atoms with Crippen LogP contribution in [0.1, 0.15) is 44.6 Å². The predicted octanol–water partition coefficient (Wildman–Crippen LogP) is 1.94. The molecule has 1 saturated heterocycles. The normalized spacial score (nSPS) is 22.8. The van der Waals surface area contributed by atoms with Gasteiger partial charge in [-0.1, -0.05) is 0 Å². The highest BCUT2D eigenvalue weighted by molar-refractivity contribution is 6.03. The second-order valence-corrected chi connectivity index (χ2v) is 5.30. The number of fused-ring (bicyclic) bond motifs is 1. The van der Waals surface area contributed by atoms with E-state index in [-0.39, 0.29) is 11.8 Å². The van der Waals surface area contributed by atoms with E-state index >= 15 is 0 Å². The molecule has 1 amide bonds. The fourth-order valence-electron chi connectivity index (χ4n) is 2.92. The second kappa shape index (κ2) is 4.79. The van der Waals surface area contributed by atoms with Crippen molar-refractivity contribution in [3.63, 3.8) is 0 Å². The zero-order valence-electron chi connectivity index (χ0n) is 11.6. The summed E-state index contributed by atoms with van der Waals surface area (Å²) in [5.74, 6) is 1.63. The Morgan fingerprint density at radius 2 is 2.05 bits per heavy atom. The Bertz CT molecular complexity index is 496. The Kier molecular flexibility index (Phi) is 3.12. The summed E-state index contributed by atoms with van der Waals surface area (Å²) in [4.78, 5) is 25.2. The molecule has 3 rings (SSSR count). The van der Waals surface area contributed by atoms with Gasteiger partial charge in [-0.3, -0.25) is 9.69 Å². The first-order valence-corrected chi connectivity index (χ1v) is 7.15. The summed E-state index contributed by atoms with van der Waals surface area (Å²) < 4.78 is 0. The summed E-state index contributed by atoms with van der Waals surface area (Å²) >= 11 is 0. The molecule has 1 fully saturated rings. The second-order valence-electron chi connectivity index (χ2n) is 5.30. The summed E-state index contributed by atoms with van der Waals surface area (Å²) in [6, 6.07) is 0. The topological polar surface area (TPSA) is 49.3 Å². The molecule has 1 atom stereocenters. The molecule has 1 aromatic rings. The molecule has 0 aliphatic carbocycles. The van der Waals surface area contributed by atoms with Gasteiger partial charge in [-0.05, 0) is 33.1 Å². The highest BCUT2D eigenvalue weighted by atomic mass is 16.2. The number of hydrogen-bond acceptors (Lipinski definition) is 4. The van der Waals surface area contributed by atoms with E-state index in [1.807, 2.05) is 20.0 Å². The van der Waals surface area contributed by atoms with Gasteiger partial charge in [-0.2, -0.15) is 4.98 Å². The molecule has 1 unspecified atom stereocenters. The molecule has 5 nitrogen and oxygen atoms in total. The van der Waals surface area contributed by atoms with Crippen molar-refractivity contribution in [3.8, 4) is 0 Å². The van der Waals surface area contributed by atoms with Crippen molar-refractivity contribution in [1.82, 2.24) is 9.97 Å². The molecule has 0 spiro atoms. The Morgan fingerprint density at radius 3 is 2.74 bits per heavy atom. The van der Waals surface area contributed by atoms with Gasteiger partial charge in [-0.25, -0.2) is 4.98 Å². The standard InChI is InChI=1S/C14H20N4O/c1-3-18-12-11(10(2)13(18)19)9-15-14(16-12)17-7-5-4-6-8-17/h9-10H,3-8H2,1-2H3. The molecular formula is C14H20N4O. The van der Waals surface area contributed by atoms with Gasteiger partial charge in [0.15, 0.2) is 0 Å². The summed E-state index contributed by atoms with van der Waals surface area (Å²) in [5, 5.41) is 0. The van der Waals surface area contributed by atoms with Crippen LogP contribution in [0.5, 0.6) is 0 Å². The van der Waals surface area contributed by atoms with E-state index in [4.69, 9.17) is 0 Å². The van der Waals surface area contributed by atoms with Crippen LogP contribution in [-0.4, -0.2) is 35.5 Å². The number of anilines is 2. The number of rotatable bonds is 2. The molecule has 0 N–H and O–H groups in total. The molecule has 102 valence electrons. The van der Waals surface area contributed by atoms with E-state index in [9.17, 15) is 4.79 Å². The minimum Gasteiger partial charge on any atom is -0.341 e. The monoisotopic (exact) mass is 260 g/mol. The van der Waals surface area contributed by atoms with Crippen molar-refractivity contribution in [2.45, 2.75) is 39.0 Å². The maximum atomic E-state index is 12.1. The number of carbonyl (C=O) groups excluding carboxylic acids is 1. The largest absolute Gasteiger partial charge is 0.341 e. The molecule has 19 heavy (non-hydrogen) atoms. The van der Waals surface area contributed by atoms with Gasteiger partial charge in [0.05, 0.1) is 5.92 Å². The Morgan fingerprint density at radius 1 is 1.32 bits per heavy atom. The van der Waals surface area contributed by atoms with Gasteiger partial charge < -0.3 is 4.90 Å². The van der Waals surface area contributed by atoms with Crippen molar-refractivity contribution in [2.24, 2.45) is 0 Å². The van der Waals surface area contributed by atoms with Gasteiger partial charge in [0.25, 0.3) is 0 Å². The van der Waals surface area contributed by atoms with Gasteiger partial charge >= 0.3 is 0 Å². The smallest absolute Gasteiger partial charge is 0.235 e. The van der Waals surface area contributed by atoms with E-state index < -0.39 is 0 Å². The number of aromatic nitrogens is 2. The molecule has 5 heteroatoms. The van der Waals surface area contributed by atoms with Crippen LogP contribution >= 0.6 is 0 Å². The summed E-state index contributed by atoms with van der Waals surface area (Å²) in [5.41, 5.74) is 0.965. The number of nitrogens with zero attached hydrogens (tertiary/aromatic N) is 4. The Balaban J connectivity index is 1.95. The predicted molar refractivity (Wildman–Crippen MR) is 74.5 cm³/mol. The number of likely N-dealkylation sites (N-methyl/N-ethyl adjacent to an activating group) is 1. The highest BCUT2D eigenvalue weighted by Crippen LogP contribution is 2.35. The summed E-state index contributed by atoms with van der Waals surface area (Å²) in [6.45, 7) is 6.64. The van der Waals surface area contributed by atoms with E-state index in [1.165, 1.54) is 19.3 Å². The fraction of sp³-hybridized carbons (Fsp3) is 0.643. The zero-order chi connectivity index (χ0) is 13.4. The molecule has 0 aromatic carbocycles. The lowest BCUT2D eigenvalue weighted by molar-refractivity contribution is -0.118. The van der Waals surface area contributed by atoms with Crippen LogP contribution < -0.4 is 9.80 Å². The maximum Gasteiger partial charge on any atom is 0.235 e. The third-order valence-electron chi connectivity index (χ3n) is 4.10. The van der Waals surface area contributed by atoms with Crippen molar-refractivity contribution in [1.29, 1.82) is 0 Å². The Hall–Kier alpha value is -1.65. The molecule has 0 saturated carbocycles. The number of hydrogen-bond donors (Lipinski definition) is 0. The lowest BCUT2D eigenvalue weighted by Gasteiger charge is -2.27. The molecule has 2 aliphatic rings. The quantitative estimate of drug-likeness (QED) is 0.815. The Labute approximate surface area is 113 Å².